The molecular weight excluding hydrogens is 364 g/mol. The second-order valence-corrected chi connectivity index (χ2v) is 6.92. The average molecular weight is 380 g/mol. The lowest BCUT2D eigenvalue weighted by Gasteiger charge is -2.04. The normalized spacial score (nSPS) is 11.0. The van der Waals surface area contributed by atoms with E-state index in [9.17, 15) is 9.59 Å². The highest BCUT2D eigenvalue weighted by Crippen LogP contribution is 2.21. The van der Waals surface area contributed by atoms with Crippen molar-refractivity contribution in [2.24, 2.45) is 0 Å². The quantitative estimate of drug-likeness (QED) is 0.536. The molecule has 3 aromatic heterocycles. The Morgan fingerprint density at radius 1 is 1.22 bits per heavy atom. The summed E-state index contributed by atoms with van der Waals surface area (Å²) in [5.41, 5.74) is 1.20. The van der Waals surface area contributed by atoms with Gasteiger partial charge in [0.05, 0.1) is 11.4 Å². The standard InChI is InChI=1S/C19H16N4O3S/c24-16(20-11-17-22-18(23-26-17)15-6-3-9-27-15)8-7-13-10-12-4-1-2-5-14(12)21-19(13)25/h1-6,9-10H,7-8,11H2,(H,20,24)(H,21,25). The number of amides is 1. The van der Waals surface area contributed by atoms with E-state index in [0.717, 1.165) is 15.8 Å². The molecule has 4 rings (SSSR count). The molecule has 0 unspecified atom stereocenters. The molecule has 7 nitrogen and oxygen atoms in total. The van der Waals surface area contributed by atoms with E-state index >= 15 is 0 Å². The van der Waals surface area contributed by atoms with E-state index in [1.807, 2.05) is 47.8 Å². The number of para-hydroxylation sites is 1. The highest BCUT2D eigenvalue weighted by Gasteiger charge is 2.11. The molecule has 1 amide bonds. The molecule has 0 atom stereocenters. The van der Waals surface area contributed by atoms with Gasteiger partial charge in [0.2, 0.25) is 17.6 Å². The summed E-state index contributed by atoms with van der Waals surface area (Å²) in [7, 11) is 0. The van der Waals surface area contributed by atoms with Crippen LogP contribution in [0.25, 0.3) is 21.6 Å². The van der Waals surface area contributed by atoms with Crippen molar-refractivity contribution in [3.8, 4) is 10.7 Å². The highest BCUT2D eigenvalue weighted by molar-refractivity contribution is 7.13. The van der Waals surface area contributed by atoms with Crippen LogP contribution in [0, 0.1) is 0 Å². The molecule has 4 aromatic rings. The van der Waals surface area contributed by atoms with Crippen molar-refractivity contribution in [2.75, 3.05) is 0 Å². The van der Waals surface area contributed by atoms with E-state index in [4.69, 9.17) is 4.52 Å². The van der Waals surface area contributed by atoms with Crippen molar-refractivity contribution in [3.05, 3.63) is 69.7 Å². The number of hydrogen-bond acceptors (Lipinski definition) is 6. The third kappa shape index (κ3) is 3.95. The number of carbonyl (C=O) groups excluding carboxylic acids is 1. The molecule has 136 valence electrons. The smallest absolute Gasteiger partial charge is 0.251 e. The lowest BCUT2D eigenvalue weighted by Crippen LogP contribution is -2.24. The Kier molecular flexibility index (Phi) is 4.80. The van der Waals surface area contributed by atoms with Crippen LogP contribution in [0.15, 0.2) is 57.2 Å². The fourth-order valence-corrected chi connectivity index (χ4v) is 3.37. The number of carbonyl (C=O) groups is 1. The number of benzene rings is 1. The summed E-state index contributed by atoms with van der Waals surface area (Å²) in [6.07, 6.45) is 0.559. The van der Waals surface area contributed by atoms with Crippen LogP contribution in [0.1, 0.15) is 17.9 Å². The zero-order valence-corrected chi connectivity index (χ0v) is 15.1. The van der Waals surface area contributed by atoms with Crippen molar-refractivity contribution in [3.63, 3.8) is 0 Å². The molecule has 0 saturated carbocycles. The van der Waals surface area contributed by atoms with Gasteiger partial charge in [0.1, 0.15) is 0 Å². The second-order valence-electron chi connectivity index (χ2n) is 5.98. The molecule has 0 bridgehead atoms. The van der Waals surface area contributed by atoms with Gasteiger partial charge in [0.25, 0.3) is 5.56 Å². The van der Waals surface area contributed by atoms with Crippen LogP contribution >= 0.6 is 11.3 Å². The van der Waals surface area contributed by atoms with Gasteiger partial charge in [0, 0.05) is 17.5 Å². The fraction of sp³-hybridized carbons (Fsp3) is 0.158. The first-order valence-electron chi connectivity index (χ1n) is 8.43. The Morgan fingerprint density at radius 2 is 2.11 bits per heavy atom. The molecule has 0 aliphatic carbocycles. The molecule has 0 fully saturated rings. The number of aryl methyl sites for hydroxylation is 1. The largest absolute Gasteiger partial charge is 0.347 e. The summed E-state index contributed by atoms with van der Waals surface area (Å²) >= 11 is 1.52. The fourth-order valence-electron chi connectivity index (χ4n) is 2.72. The number of aromatic nitrogens is 3. The summed E-state index contributed by atoms with van der Waals surface area (Å²) in [6, 6.07) is 13.2. The van der Waals surface area contributed by atoms with E-state index in [0.29, 0.717) is 23.7 Å². The lowest BCUT2D eigenvalue weighted by atomic mass is 10.1. The van der Waals surface area contributed by atoms with Gasteiger partial charge in [-0.3, -0.25) is 9.59 Å². The predicted octanol–water partition coefficient (Wildman–Crippen LogP) is 2.89. The minimum atomic E-state index is -0.182. The molecule has 2 N–H and O–H groups in total. The molecule has 27 heavy (non-hydrogen) atoms. The molecule has 0 aliphatic heterocycles. The van der Waals surface area contributed by atoms with E-state index < -0.39 is 0 Å². The number of rotatable bonds is 6. The van der Waals surface area contributed by atoms with Gasteiger partial charge in [-0.15, -0.1) is 11.3 Å². The van der Waals surface area contributed by atoms with Gasteiger partial charge < -0.3 is 14.8 Å². The van der Waals surface area contributed by atoms with E-state index in [-0.39, 0.29) is 24.4 Å². The zero-order valence-electron chi connectivity index (χ0n) is 14.3. The van der Waals surface area contributed by atoms with Gasteiger partial charge in [-0.1, -0.05) is 29.4 Å². The van der Waals surface area contributed by atoms with Crippen LogP contribution in [0.4, 0.5) is 0 Å². The maximum absolute atomic E-state index is 12.1. The van der Waals surface area contributed by atoms with Crippen LogP contribution in [0.5, 0.6) is 0 Å². The van der Waals surface area contributed by atoms with Crippen LogP contribution < -0.4 is 10.9 Å². The molecular formula is C19H16N4O3S. The van der Waals surface area contributed by atoms with Crippen LogP contribution in [0.2, 0.25) is 0 Å². The zero-order chi connectivity index (χ0) is 18.6. The maximum Gasteiger partial charge on any atom is 0.251 e. The minimum absolute atomic E-state index is 0.158. The third-order valence-electron chi connectivity index (χ3n) is 4.10. The molecule has 0 aliphatic rings. The Bertz CT molecular complexity index is 1130. The topological polar surface area (TPSA) is 101 Å². The predicted molar refractivity (Wildman–Crippen MR) is 102 cm³/mol. The summed E-state index contributed by atoms with van der Waals surface area (Å²) in [4.78, 5) is 32.2. The van der Waals surface area contributed by atoms with Gasteiger partial charge in [-0.2, -0.15) is 4.98 Å². The van der Waals surface area contributed by atoms with Gasteiger partial charge in [0.15, 0.2) is 0 Å². The van der Waals surface area contributed by atoms with Crippen LogP contribution in [-0.4, -0.2) is 21.0 Å². The Hall–Kier alpha value is -3.26. The van der Waals surface area contributed by atoms with Gasteiger partial charge >= 0.3 is 0 Å². The number of hydrogen-bond donors (Lipinski definition) is 2. The van der Waals surface area contributed by atoms with Crippen LogP contribution in [-0.2, 0) is 17.8 Å². The Balaban J connectivity index is 1.34. The minimum Gasteiger partial charge on any atom is -0.347 e. The average Bonchev–Trinajstić information content (AvgIpc) is 3.36. The number of aromatic amines is 1. The lowest BCUT2D eigenvalue weighted by molar-refractivity contribution is -0.121. The molecule has 0 radical (unpaired) electrons. The van der Waals surface area contributed by atoms with Crippen LogP contribution in [0.3, 0.4) is 0 Å². The van der Waals surface area contributed by atoms with Crippen molar-refractivity contribution in [2.45, 2.75) is 19.4 Å². The molecule has 1 aromatic carbocycles. The summed E-state index contributed by atoms with van der Waals surface area (Å²) < 4.78 is 5.14. The van der Waals surface area contributed by atoms with E-state index in [2.05, 4.69) is 20.4 Å². The first-order chi connectivity index (χ1) is 13.2. The number of nitrogens with zero attached hydrogens (tertiary/aromatic N) is 2. The number of thiophene rings is 1. The van der Waals surface area contributed by atoms with E-state index in [1.54, 1.807) is 0 Å². The second kappa shape index (κ2) is 7.55. The first-order valence-corrected chi connectivity index (χ1v) is 9.31. The number of H-pyrrole nitrogens is 1. The molecule has 0 saturated heterocycles. The monoisotopic (exact) mass is 380 g/mol. The summed E-state index contributed by atoms with van der Waals surface area (Å²) in [6.45, 7) is 0.158. The highest BCUT2D eigenvalue weighted by atomic mass is 32.1. The third-order valence-corrected chi connectivity index (χ3v) is 4.96. The number of fused-ring (bicyclic) bond motifs is 1. The maximum atomic E-state index is 12.1. The number of pyridine rings is 1. The number of nitrogens with one attached hydrogen (secondary N) is 2. The SMILES string of the molecule is O=C(CCc1cc2ccccc2[nH]c1=O)NCc1nc(-c2cccs2)no1. The first kappa shape index (κ1) is 17.2. The Morgan fingerprint density at radius 3 is 2.96 bits per heavy atom. The van der Waals surface area contributed by atoms with Gasteiger partial charge in [-0.25, -0.2) is 0 Å². The summed E-state index contributed by atoms with van der Waals surface area (Å²) in [5.74, 6) is 0.672. The summed E-state index contributed by atoms with van der Waals surface area (Å²) in [5, 5.41) is 9.51. The van der Waals surface area contributed by atoms with Crippen molar-refractivity contribution >= 4 is 28.1 Å². The molecule has 8 heteroatoms. The van der Waals surface area contributed by atoms with E-state index in [1.165, 1.54) is 11.3 Å². The van der Waals surface area contributed by atoms with Gasteiger partial charge in [-0.05, 0) is 35.4 Å². The Labute approximate surface area is 158 Å². The van der Waals surface area contributed by atoms with Crippen molar-refractivity contribution in [1.82, 2.24) is 20.4 Å². The molecule has 0 spiro atoms. The van der Waals surface area contributed by atoms with Crippen molar-refractivity contribution < 1.29 is 9.32 Å². The molecule has 3 heterocycles. The van der Waals surface area contributed by atoms with Crippen molar-refractivity contribution in [1.29, 1.82) is 0 Å².